The van der Waals surface area contributed by atoms with Crippen LogP contribution in [0.15, 0.2) is 33.9 Å². The fraction of sp³-hybridized carbons (Fsp3) is 0.526. The summed E-state index contributed by atoms with van der Waals surface area (Å²) in [5.41, 5.74) is 0.327. The maximum absolute atomic E-state index is 11.5. The Morgan fingerprint density at radius 2 is 1.71 bits per heavy atom. The summed E-state index contributed by atoms with van der Waals surface area (Å²) in [7, 11) is 0. The van der Waals surface area contributed by atoms with Crippen molar-refractivity contribution in [3.8, 4) is 17.2 Å². The lowest BCUT2D eigenvalue weighted by molar-refractivity contribution is -0.160. The molecule has 9 heteroatoms. The number of ether oxygens (including phenoxy) is 4. The smallest absolute Gasteiger partial charge is 0.332 e. The van der Waals surface area contributed by atoms with Gasteiger partial charge in [-0.25, -0.2) is 4.79 Å². The van der Waals surface area contributed by atoms with Crippen molar-refractivity contribution in [2.45, 2.75) is 31.6 Å². The predicted octanol–water partition coefficient (Wildman–Crippen LogP) is 3.21. The Kier molecular flexibility index (Phi) is 8.75. The molecule has 28 heavy (non-hydrogen) atoms. The molecule has 0 saturated heterocycles. The quantitative estimate of drug-likeness (QED) is 0.314. The molecule has 0 amide bonds. The molecule has 0 fully saturated rings. The van der Waals surface area contributed by atoms with E-state index in [9.17, 15) is 4.79 Å². The second-order valence-electron chi connectivity index (χ2n) is 6.70. The van der Waals surface area contributed by atoms with E-state index in [0.29, 0.717) is 37.5 Å². The predicted molar refractivity (Wildman–Crippen MR) is 104 cm³/mol. The maximum atomic E-state index is 11.5. The molecule has 154 valence electrons. The van der Waals surface area contributed by atoms with Gasteiger partial charge in [-0.05, 0) is 51.3 Å². The molecule has 0 radical (unpaired) electrons. The number of thioether (sulfide) groups is 1. The second-order valence-corrected chi connectivity index (χ2v) is 7.46. The van der Waals surface area contributed by atoms with Gasteiger partial charge < -0.3 is 23.4 Å². The van der Waals surface area contributed by atoms with Crippen LogP contribution in [0.4, 0.5) is 0 Å². The zero-order valence-electron chi connectivity index (χ0n) is 16.6. The number of hydrogen-bond acceptors (Lipinski definition) is 9. The first-order chi connectivity index (χ1) is 13.4. The minimum Gasteiger partial charge on any atom is -0.491 e. The van der Waals surface area contributed by atoms with Crippen molar-refractivity contribution in [1.82, 2.24) is 10.2 Å². The molecule has 2 aromatic rings. The van der Waals surface area contributed by atoms with Gasteiger partial charge in [-0.2, -0.15) is 0 Å². The molecule has 1 heterocycles. The highest BCUT2D eigenvalue weighted by molar-refractivity contribution is 7.98. The molecular weight excluding hydrogens is 384 g/mol. The van der Waals surface area contributed by atoms with Crippen molar-refractivity contribution in [3.05, 3.63) is 24.3 Å². The summed E-state index contributed by atoms with van der Waals surface area (Å²) >= 11 is 1.40. The number of hydrogen-bond donors (Lipinski definition) is 0. The second kappa shape index (κ2) is 11.0. The van der Waals surface area contributed by atoms with Crippen LogP contribution in [0.3, 0.4) is 0 Å². The Labute approximate surface area is 168 Å². The summed E-state index contributed by atoms with van der Waals surface area (Å²) in [5, 5.41) is 8.43. The van der Waals surface area contributed by atoms with Crippen LogP contribution in [0, 0.1) is 0 Å². The lowest BCUT2D eigenvalue weighted by Crippen LogP contribution is -2.27. The highest BCUT2D eigenvalue weighted by Crippen LogP contribution is 2.23. The molecule has 0 atom stereocenters. The zero-order valence-corrected chi connectivity index (χ0v) is 17.4. The molecular formula is C19H26N2O6S. The largest absolute Gasteiger partial charge is 0.491 e. The van der Waals surface area contributed by atoms with Gasteiger partial charge in [-0.15, -0.1) is 10.2 Å². The lowest BCUT2D eigenvalue weighted by Gasteiger charge is -2.19. The number of aromatic nitrogens is 2. The van der Waals surface area contributed by atoms with E-state index >= 15 is 0 Å². The van der Waals surface area contributed by atoms with Gasteiger partial charge in [-0.3, -0.25) is 0 Å². The van der Waals surface area contributed by atoms with E-state index in [4.69, 9.17) is 23.4 Å². The summed E-state index contributed by atoms with van der Waals surface area (Å²) in [6, 6.07) is 7.39. The molecule has 1 aromatic heterocycles. The first-order valence-electron chi connectivity index (χ1n) is 8.85. The zero-order chi connectivity index (χ0) is 20.4. The molecule has 0 spiro atoms. The topological polar surface area (TPSA) is 92.9 Å². The molecule has 8 nitrogen and oxygen atoms in total. The summed E-state index contributed by atoms with van der Waals surface area (Å²) in [6.45, 7) is 6.87. The lowest BCUT2D eigenvalue weighted by atomic mass is 10.2. The summed E-state index contributed by atoms with van der Waals surface area (Å²) in [6.07, 6.45) is 1.88. The van der Waals surface area contributed by atoms with Crippen molar-refractivity contribution in [2.75, 3.05) is 39.3 Å². The average Bonchev–Trinajstić information content (AvgIpc) is 3.12. The van der Waals surface area contributed by atoms with Crippen LogP contribution in [-0.2, 0) is 19.0 Å². The normalized spacial score (nSPS) is 11.4. The number of rotatable bonds is 11. The third kappa shape index (κ3) is 8.28. The van der Waals surface area contributed by atoms with Gasteiger partial charge in [0.15, 0.2) is 0 Å². The minimum absolute atomic E-state index is 0.0814. The van der Waals surface area contributed by atoms with Crippen LogP contribution < -0.4 is 4.74 Å². The van der Waals surface area contributed by atoms with Gasteiger partial charge in [0.05, 0.1) is 19.8 Å². The van der Waals surface area contributed by atoms with E-state index in [1.54, 1.807) is 0 Å². The molecule has 0 aliphatic heterocycles. The number of nitrogens with zero attached hydrogens (tertiary/aromatic N) is 2. The molecule has 0 saturated carbocycles. The van der Waals surface area contributed by atoms with E-state index in [2.05, 4.69) is 10.2 Å². The molecule has 0 N–H and O–H groups in total. The van der Waals surface area contributed by atoms with E-state index in [0.717, 1.165) is 11.3 Å². The van der Waals surface area contributed by atoms with Gasteiger partial charge in [0.2, 0.25) is 5.89 Å². The molecule has 1 aromatic carbocycles. The standard InChI is InChI=1S/C19H26N2O6S/c1-19(2,3)27-16(22)13-24-10-9-23-11-12-25-15-7-5-14(6-8-15)17-20-21-18(26-17)28-4/h5-8H,9-13H2,1-4H3. The first kappa shape index (κ1) is 22.2. The third-order valence-electron chi connectivity index (χ3n) is 3.19. The van der Waals surface area contributed by atoms with Gasteiger partial charge in [0, 0.05) is 5.56 Å². The number of carbonyl (C=O) groups excluding carboxylic acids is 1. The highest BCUT2D eigenvalue weighted by atomic mass is 32.2. The van der Waals surface area contributed by atoms with Crippen LogP contribution in [-0.4, -0.2) is 61.1 Å². The van der Waals surface area contributed by atoms with E-state index < -0.39 is 5.60 Å². The van der Waals surface area contributed by atoms with Crippen molar-refractivity contribution in [3.63, 3.8) is 0 Å². The first-order valence-corrected chi connectivity index (χ1v) is 10.1. The highest BCUT2D eigenvalue weighted by Gasteiger charge is 2.15. The fourth-order valence-electron chi connectivity index (χ4n) is 2.07. The minimum atomic E-state index is -0.505. The van der Waals surface area contributed by atoms with Gasteiger partial charge in [0.1, 0.15) is 24.6 Å². The van der Waals surface area contributed by atoms with E-state index in [-0.39, 0.29) is 12.6 Å². The van der Waals surface area contributed by atoms with E-state index in [1.165, 1.54) is 11.8 Å². The van der Waals surface area contributed by atoms with Gasteiger partial charge in [0.25, 0.3) is 5.22 Å². The Morgan fingerprint density at radius 1 is 1.04 bits per heavy atom. The maximum Gasteiger partial charge on any atom is 0.332 e. The summed E-state index contributed by atoms with van der Waals surface area (Å²) < 4.78 is 26.8. The van der Waals surface area contributed by atoms with Crippen molar-refractivity contribution >= 4 is 17.7 Å². The van der Waals surface area contributed by atoms with Crippen molar-refractivity contribution in [1.29, 1.82) is 0 Å². The molecule has 0 aliphatic carbocycles. The molecule has 2 rings (SSSR count). The summed E-state index contributed by atoms with van der Waals surface area (Å²) in [4.78, 5) is 11.5. The van der Waals surface area contributed by atoms with Crippen LogP contribution in [0.5, 0.6) is 5.75 Å². The van der Waals surface area contributed by atoms with Gasteiger partial charge >= 0.3 is 5.97 Å². The monoisotopic (exact) mass is 410 g/mol. The number of benzene rings is 1. The average molecular weight is 410 g/mol. The fourth-order valence-corrected chi connectivity index (χ4v) is 2.35. The molecule has 0 unspecified atom stereocenters. The Balaban J connectivity index is 1.56. The van der Waals surface area contributed by atoms with Crippen molar-refractivity contribution < 1.29 is 28.2 Å². The van der Waals surface area contributed by atoms with Crippen LogP contribution >= 0.6 is 11.8 Å². The Hall–Kier alpha value is -2.10. The van der Waals surface area contributed by atoms with Crippen LogP contribution in [0.25, 0.3) is 11.5 Å². The Bertz CT molecular complexity index is 727. The summed E-state index contributed by atoms with van der Waals surface area (Å²) in [5.74, 6) is 0.813. The van der Waals surface area contributed by atoms with Crippen LogP contribution in [0.2, 0.25) is 0 Å². The third-order valence-corrected chi connectivity index (χ3v) is 3.70. The van der Waals surface area contributed by atoms with Crippen molar-refractivity contribution in [2.24, 2.45) is 0 Å². The van der Waals surface area contributed by atoms with Crippen LogP contribution in [0.1, 0.15) is 20.8 Å². The Morgan fingerprint density at radius 3 is 2.36 bits per heavy atom. The number of carbonyl (C=O) groups is 1. The van der Waals surface area contributed by atoms with Gasteiger partial charge in [-0.1, -0.05) is 11.8 Å². The molecule has 0 aliphatic rings. The SMILES string of the molecule is CSc1nnc(-c2ccc(OCCOCCOCC(=O)OC(C)(C)C)cc2)o1. The molecule has 0 bridgehead atoms. The number of esters is 1. The van der Waals surface area contributed by atoms with E-state index in [1.807, 2.05) is 51.3 Å².